The van der Waals surface area contributed by atoms with Gasteiger partial charge in [-0.25, -0.2) is 0 Å². The highest BCUT2D eigenvalue weighted by molar-refractivity contribution is 6.92. The van der Waals surface area contributed by atoms with Crippen LogP contribution >= 0.6 is 0 Å². The summed E-state index contributed by atoms with van der Waals surface area (Å²) in [6.07, 6.45) is 0. The summed E-state index contributed by atoms with van der Waals surface area (Å²) in [6, 6.07) is 0. The molecule has 0 saturated carbocycles. The predicted molar refractivity (Wildman–Crippen MR) is 17.6 cm³/mol. The quantitative estimate of drug-likeness (QED) is 0.367. The van der Waals surface area contributed by atoms with Crippen molar-refractivity contribution in [3.63, 3.8) is 0 Å². The highest BCUT2D eigenvalue weighted by atomic mass is 19.1. The first-order valence-corrected chi connectivity index (χ1v) is 1.08. The summed E-state index contributed by atoms with van der Waals surface area (Å²) in [4.78, 5) is 0. The lowest BCUT2D eigenvalue weighted by atomic mass is 9.68. The Hall–Kier alpha value is 0.0199. The van der Waals surface area contributed by atoms with Gasteiger partial charge in [-0.3, -0.25) is 0 Å². The standard InChI is InChI=1S/B2FH3O/c3-1-2-4/h1-2,4H. The molecule has 1 nitrogen and oxygen atoms in total. The van der Waals surface area contributed by atoms with Gasteiger partial charge in [0.15, 0.2) is 0 Å². The fourth-order valence-electron chi connectivity index (χ4n) is 0. The first-order valence-electron chi connectivity index (χ1n) is 1.08. The van der Waals surface area contributed by atoms with Crippen molar-refractivity contribution >= 4 is 14.8 Å². The molecule has 0 aromatic heterocycles. The summed E-state index contributed by atoms with van der Waals surface area (Å²) >= 11 is 0. The van der Waals surface area contributed by atoms with Crippen molar-refractivity contribution in [2.24, 2.45) is 0 Å². The van der Waals surface area contributed by atoms with Gasteiger partial charge in [-0.15, -0.1) is 0 Å². The van der Waals surface area contributed by atoms with E-state index in [-0.39, 0.29) is 7.37 Å². The van der Waals surface area contributed by atoms with Gasteiger partial charge in [0.05, 0.1) is 0 Å². The van der Waals surface area contributed by atoms with Gasteiger partial charge >= 0.3 is 7.45 Å². The molecule has 0 aromatic rings. The second kappa shape index (κ2) is 3.02. The first kappa shape index (κ1) is 4.02. The average Bonchev–Trinajstić information content (AvgIpc) is 1.37. The number of hydrogen-bond donors (Lipinski definition) is 1. The summed E-state index contributed by atoms with van der Waals surface area (Å²) in [5.41, 5.74) is 0. The topological polar surface area (TPSA) is 20.2 Å². The third-order valence-electron chi connectivity index (χ3n) is 0.0845. The molecule has 0 radical (unpaired) electrons. The van der Waals surface area contributed by atoms with E-state index >= 15 is 0 Å². The monoisotopic (exact) mass is 60.0 g/mol. The van der Waals surface area contributed by atoms with Crippen LogP contribution in [0.2, 0.25) is 0 Å². The van der Waals surface area contributed by atoms with Gasteiger partial charge in [-0.05, 0) is 0 Å². The maximum atomic E-state index is 10.5. The van der Waals surface area contributed by atoms with Gasteiger partial charge in [0.25, 0.3) is 7.37 Å². The molecular weight excluding hydrogens is 56.6 g/mol. The Morgan fingerprint density at radius 3 is 2.00 bits per heavy atom. The van der Waals surface area contributed by atoms with E-state index in [0.717, 1.165) is 0 Å². The molecule has 0 aliphatic rings. The van der Waals surface area contributed by atoms with Crippen LogP contribution in [0.1, 0.15) is 0 Å². The fourth-order valence-corrected chi connectivity index (χ4v) is 0. The molecule has 1 N–H and O–H groups in total. The van der Waals surface area contributed by atoms with Gasteiger partial charge in [0, 0.05) is 0 Å². The second-order valence-corrected chi connectivity index (χ2v) is 0.413. The molecule has 0 heterocycles. The Bertz CT molecular complexity index is 8.00. The van der Waals surface area contributed by atoms with Gasteiger partial charge in [0.2, 0.25) is 0 Å². The molecule has 22 valence electrons. The van der Waals surface area contributed by atoms with E-state index in [0.29, 0.717) is 0 Å². The largest absolute Gasteiger partial charge is 0.459 e. The zero-order chi connectivity index (χ0) is 3.41. The summed E-state index contributed by atoms with van der Waals surface area (Å²) in [5, 5.41) is 7.50. The Morgan fingerprint density at radius 1 is 1.75 bits per heavy atom. The highest BCUT2D eigenvalue weighted by Gasteiger charge is 1.76. The number of rotatable bonds is 1. The van der Waals surface area contributed by atoms with Crippen molar-refractivity contribution < 1.29 is 9.34 Å². The van der Waals surface area contributed by atoms with Crippen molar-refractivity contribution in [1.82, 2.24) is 0 Å². The van der Waals surface area contributed by atoms with Crippen LogP contribution in [0.25, 0.3) is 0 Å². The Kier molecular flexibility index (Phi) is 3.03. The van der Waals surface area contributed by atoms with Gasteiger partial charge in [-0.2, -0.15) is 0 Å². The molecule has 0 atom stereocenters. The average molecular weight is 59.6 g/mol. The Labute approximate surface area is 25.4 Å². The first-order chi connectivity index (χ1) is 1.91. The van der Waals surface area contributed by atoms with Crippen LogP contribution in [0, 0.1) is 0 Å². The van der Waals surface area contributed by atoms with E-state index in [1.165, 1.54) is 0 Å². The minimum atomic E-state index is -0.625. The highest BCUT2D eigenvalue weighted by Crippen LogP contribution is 1.43. The molecule has 0 spiro atoms. The maximum absolute atomic E-state index is 10.5. The lowest BCUT2D eigenvalue weighted by Crippen LogP contribution is -1.91. The van der Waals surface area contributed by atoms with Crippen LogP contribution in [0.4, 0.5) is 4.32 Å². The second-order valence-electron chi connectivity index (χ2n) is 0.413. The van der Waals surface area contributed by atoms with Crippen LogP contribution < -0.4 is 0 Å². The van der Waals surface area contributed by atoms with Crippen molar-refractivity contribution in [3.05, 3.63) is 0 Å². The maximum Gasteiger partial charge on any atom is 0.326 e. The minimum absolute atomic E-state index is 0.347. The van der Waals surface area contributed by atoms with Crippen LogP contribution in [-0.4, -0.2) is 19.8 Å². The molecule has 4 heteroatoms. The molecular formula is H3B2FO. The molecule has 0 aliphatic carbocycles. The van der Waals surface area contributed by atoms with E-state index < -0.39 is 7.45 Å². The van der Waals surface area contributed by atoms with Gasteiger partial charge in [-0.1, -0.05) is 0 Å². The lowest BCUT2D eigenvalue weighted by molar-refractivity contribution is 0.616. The molecule has 4 heavy (non-hydrogen) atoms. The molecule has 0 rings (SSSR count). The summed E-state index contributed by atoms with van der Waals surface area (Å²) in [7, 11) is -0.972. The molecule has 0 bridgehead atoms. The SMILES string of the molecule is OBBF. The van der Waals surface area contributed by atoms with Crippen LogP contribution in [0.5, 0.6) is 0 Å². The Morgan fingerprint density at radius 2 is 2.00 bits per heavy atom. The van der Waals surface area contributed by atoms with Crippen molar-refractivity contribution in [2.45, 2.75) is 0 Å². The molecule has 0 saturated heterocycles. The minimum Gasteiger partial charge on any atom is -0.459 e. The lowest BCUT2D eigenvalue weighted by Gasteiger charge is -1.56. The van der Waals surface area contributed by atoms with E-state index in [1.54, 1.807) is 0 Å². The Balaban J connectivity index is 1.97. The summed E-state index contributed by atoms with van der Waals surface area (Å²) < 4.78 is 10.5. The normalized spacial score (nSPS) is 5.50. The molecule has 0 unspecified atom stereocenters. The number of halogens is 1. The summed E-state index contributed by atoms with van der Waals surface area (Å²) in [6.45, 7) is 0. The van der Waals surface area contributed by atoms with E-state index in [4.69, 9.17) is 5.02 Å². The van der Waals surface area contributed by atoms with Crippen molar-refractivity contribution in [1.29, 1.82) is 0 Å². The molecule has 0 aliphatic heterocycles. The van der Waals surface area contributed by atoms with Crippen LogP contribution in [0.15, 0.2) is 0 Å². The smallest absolute Gasteiger partial charge is 0.326 e. The van der Waals surface area contributed by atoms with Crippen molar-refractivity contribution in [2.75, 3.05) is 0 Å². The fraction of sp³-hybridized carbons (Fsp3) is 0. The van der Waals surface area contributed by atoms with E-state index in [2.05, 4.69) is 0 Å². The van der Waals surface area contributed by atoms with Gasteiger partial charge < -0.3 is 9.34 Å². The van der Waals surface area contributed by atoms with E-state index in [1.807, 2.05) is 0 Å². The summed E-state index contributed by atoms with van der Waals surface area (Å²) in [5.74, 6) is 0. The van der Waals surface area contributed by atoms with E-state index in [9.17, 15) is 4.32 Å². The third-order valence-corrected chi connectivity index (χ3v) is 0.0845. The number of hydrogen-bond acceptors (Lipinski definition) is 1. The predicted octanol–water partition coefficient (Wildman–Crippen LogP) is -1.43. The van der Waals surface area contributed by atoms with Crippen LogP contribution in [-0.2, 0) is 0 Å². The van der Waals surface area contributed by atoms with Gasteiger partial charge in [0.1, 0.15) is 0 Å². The third kappa shape index (κ3) is 2.02. The molecule has 0 aromatic carbocycles. The molecule has 0 fully saturated rings. The van der Waals surface area contributed by atoms with Crippen molar-refractivity contribution in [3.8, 4) is 0 Å². The molecule has 0 amide bonds. The zero-order valence-electron chi connectivity index (χ0n) is 2.24. The van der Waals surface area contributed by atoms with Crippen LogP contribution in [0.3, 0.4) is 0 Å². The zero-order valence-corrected chi connectivity index (χ0v) is 2.24.